The van der Waals surface area contributed by atoms with Gasteiger partial charge in [-0.15, -0.1) is 0 Å². The number of thioether (sulfide) groups is 1. The van der Waals surface area contributed by atoms with Gasteiger partial charge in [0, 0.05) is 0 Å². The van der Waals surface area contributed by atoms with Gasteiger partial charge < -0.3 is 0 Å². The van der Waals surface area contributed by atoms with Gasteiger partial charge in [-0.05, 0) is 17.9 Å². The van der Waals surface area contributed by atoms with Crippen molar-refractivity contribution >= 4 is 27.0 Å². The molecular weight excluding hydrogens is 179 g/mol. The van der Waals surface area contributed by atoms with Crippen LogP contribution < -0.4 is 0 Å². The average Bonchev–Trinajstić information content (AvgIpc) is 2.02. The third-order valence-electron chi connectivity index (χ3n) is 2.02. The molecule has 0 unspecified atom stereocenters. The Morgan fingerprint density at radius 3 is 2.58 bits per heavy atom. The first-order valence-corrected chi connectivity index (χ1v) is 8.50. The van der Waals surface area contributed by atoms with Crippen molar-refractivity contribution in [1.82, 2.24) is 0 Å². The van der Waals surface area contributed by atoms with Crippen LogP contribution in [-0.2, 0) is 0 Å². The highest BCUT2D eigenvalue weighted by atomic mass is 32.2. The van der Waals surface area contributed by atoms with Gasteiger partial charge >= 0.3 is 0 Å². The summed E-state index contributed by atoms with van der Waals surface area (Å²) < 4.78 is 0. The quantitative estimate of drug-likeness (QED) is 0.429. The molecule has 72 valence electrons. The molecule has 0 fully saturated rings. The minimum absolute atomic E-state index is 0.320. The molecule has 0 aliphatic carbocycles. The summed E-state index contributed by atoms with van der Waals surface area (Å²) in [5, 5.41) is 3.14. The predicted octanol–water partition coefficient (Wildman–Crippen LogP) is 3.45. The zero-order chi connectivity index (χ0) is 9.23. The molecule has 0 atom stereocenters. The average molecular weight is 202 g/mol. The lowest BCUT2D eigenvalue weighted by Gasteiger charge is -2.01. The third kappa shape index (κ3) is 10.9. The third-order valence-corrected chi connectivity index (χ3v) is 5.57. The zero-order valence-electron chi connectivity index (χ0n) is 8.94. The minimum Gasteiger partial charge on any atom is -0.162 e. The van der Waals surface area contributed by atoms with Crippen molar-refractivity contribution in [3.63, 3.8) is 0 Å². The van der Waals surface area contributed by atoms with Gasteiger partial charge in [-0.1, -0.05) is 43.7 Å². The molecule has 12 heavy (non-hydrogen) atoms. The molecule has 0 aromatic heterocycles. The molecule has 0 saturated heterocycles. The number of rotatable bonds is 8. The lowest BCUT2D eigenvalue weighted by atomic mass is 10.3. The van der Waals surface area contributed by atoms with Crippen molar-refractivity contribution in [2.24, 2.45) is 5.92 Å². The summed E-state index contributed by atoms with van der Waals surface area (Å²) >= 11 is 2.41. The summed E-state index contributed by atoms with van der Waals surface area (Å²) in [6.45, 7) is 6.94. The van der Waals surface area contributed by atoms with Gasteiger partial charge in [0.25, 0.3) is 0 Å². The number of hydrogen-bond acceptors (Lipinski definition) is 1. The predicted molar refractivity (Wildman–Crippen MR) is 63.8 cm³/mol. The highest BCUT2D eigenvalue weighted by Gasteiger charge is 1.97. The summed E-state index contributed by atoms with van der Waals surface area (Å²) in [5.41, 5.74) is 0. The minimum atomic E-state index is 0.320. The van der Waals surface area contributed by atoms with Gasteiger partial charge in [-0.25, -0.2) is 0 Å². The van der Waals surface area contributed by atoms with Crippen LogP contribution in [0.4, 0.5) is 0 Å². The van der Waals surface area contributed by atoms with E-state index in [-0.39, 0.29) is 0 Å². The normalized spacial score (nSPS) is 10.7. The molecule has 0 aliphatic rings. The summed E-state index contributed by atoms with van der Waals surface area (Å²) in [6, 6.07) is 0. The smallest absolute Gasteiger partial charge is 0.162 e. The first kappa shape index (κ1) is 12.9. The van der Waals surface area contributed by atoms with E-state index in [9.17, 15) is 0 Å². The van der Waals surface area contributed by atoms with Crippen LogP contribution in [0.15, 0.2) is 0 Å². The molecule has 0 aromatic rings. The van der Waals surface area contributed by atoms with Crippen LogP contribution in [-0.4, -0.2) is 26.7 Å². The van der Waals surface area contributed by atoms with Crippen molar-refractivity contribution in [3.8, 4) is 0 Å². The van der Waals surface area contributed by atoms with Crippen molar-refractivity contribution in [2.45, 2.75) is 44.2 Å². The molecular formula is C10H23AlS. The van der Waals surface area contributed by atoms with Crippen LogP contribution in [0.25, 0.3) is 0 Å². The second-order valence-electron chi connectivity index (χ2n) is 3.79. The molecule has 0 aromatic carbocycles. The Hall–Kier alpha value is 0.882. The Morgan fingerprint density at radius 1 is 1.25 bits per heavy atom. The van der Waals surface area contributed by atoms with Crippen LogP contribution in [0.3, 0.4) is 0 Å². The largest absolute Gasteiger partial charge is 0.237 e. The number of hydrogen-bond donors (Lipinski definition) is 0. The second-order valence-corrected chi connectivity index (χ2v) is 7.18. The van der Waals surface area contributed by atoms with Crippen molar-refractivity contribution in [2.75, 3.05) is 11.5 Å². The summed E-state index contributed by atoms with van der Waals surface area (Å²) in [6.07, 6.45) is 2.97. The topological polar surface area (TPSA) is 0 Å². The lowest BCUT2D eigenvalue weighted by molar-refractivity contribution is 0.726. The van der Waals surface area contributed by atoms with Crippen molar-refractivity contribution in [1.29, 1.82) is 0 Å². The van der Waals surface area contributed by atoms with Crippen LogP contribution >= 0.6 is 11.8 Å². The van der Waals surface area contributed by atoms with Gasteiger partial charge in [0.15, 0.2) is 0 Å². The van der Waals surface area contributed by atoms with Gasteiger partial charge in [0.1, 0.15) is 0 Å². The molecule has 0 aliphatic heterocycles. The SMILES string of the molecule is CCSCCC[CH2][AlH][CH2]C(C)C. The fraction of sp³-hybridized carbons (Fsp3) is 1.00. The Bertz CT molecular complexity index is 83.9. The van der Waals surface area contributed by atoms with Crippen molar-refractivity contribution < 1.29 is 0 Å². The first-order valence-electron chi connectivity index (χ1n) is 5.35. The lowest BCUT2D eigenvalue weighted by Crippen LogP contribution is -1.95. The molecule has 0 spiro atoms. The van der Waals surface area contributed by atoms with E-state index in [1.165, 1.54) is 24.3 Å². The van der Waals surface area contributed by atoms with Crippen LogP contribution in [0, 0.1) is 5.92 Å². The van der Waals surface area contributed by atoms with E-state index in [1.807, 2.05) is 0 Å². The molecule has 0 rings (SSSR count). The van der Waals surface area contributed by atoms with Crippen molar-refractivity contribution in [3.05, 3.63) is 0 Å². The monoisotopic (exact) mass is 202 g/mol. The summed E-state index contributed by atoms with van der Waals surface area (Å²) in [4.78, 5) is 0. The summed E-state index contributed by atoms with van der Waals surface area (Å²) in [5.74, 6) is 3.65. The maximum Gasteiger partial charge on any atom is 0.237 e. The van der Waals surface area contributed by atoms with Gasteiger partial charge in [0.05, 0.1) is 0 Å². The molecule has 2 heteroatoms. The second kappa shape index (κ2) is 9.97. The molecule has 0 N–H and O–H groups in total. The molecule has 0 nitrogen and oxygen atoms in total. The first-order chi connectivity index (χ1) is 5.77. The van der Waals surface area contributed by atoms with Gasteiger partial charge in [-0.3, -0.25) is 0 Å². The Labute approximate surface area is 88.6 Å². The van der Waals surface area contributed by atoms with Gasteiger partial charge in [-0.2, -0.15) is 11.8 Å². The fourth-order valence-electron chi connectivity index (χ4n) is 1.25. The highest BCUT2D eigenvalue weighted by molar-refractivity contribution is 7.99. The van der Waals surface area contributed by atoms with Crippen LogP contribution in [0.1, 0.15) is 33.6 Å². The maximum absolute atomic E-state index is 2.35. The van der Waals surface area contributed by atoms with E-state index in [4.69, 9.17) is 0 Å². The fourth-order valence-corrected chi connectivity index (χ4v) is 3.76. The van der Waals surface area contributed by atoms with Crippen LogP contribution in [0.5, 0.6) is 0 Å². The van der Waals surface area contributed by atoms with E-state index < -0.39 is 0 Å². The Balaban J connectivity index is 2.82. The summed E-state index contributed by atoms with van der Waals surface area (Å²) in [7, 11) is 0. The molecule has 0 radical (unpaired) electrons. The van der Waals surface area contributed by atoms with E-state index in [0.717, 1.165) is 5.92 Å². The molecule has 0 bridgehead atoms. The van der Waals surface area contributed by atoms with E-state index >= 15 is 0 Å². The Morgan fingerprint density at radius 2 is 2.00 bits per heavy atom. The molecule has 0 saturated carbocycles. The van der Waals surface area contributed by atoms with Crippen LogP contribution in [0.2, 0.25) is 10.6 Å². The standard InChI is InChI=1S/C6H13S.C4H9.Al.H/c1-3-5-6-7-4-2;1-4(2)3;;/h1,3-6H2,2H3;4H,1H2,2-3H3;;. The maximum atomic E-state index is 2.35. The van der Waals surface area contributed by atoms with E-state index in [1.54, 1.807) is 10.6 Å². The molecule has 0 amide bonds. The Kier molecular flexibility index (Phi) is 10.7. The van der Waals surface area contributed by atoms with Gasteiger partial charge in [0.2, 0.25) is 15.2 Å². The molecule has 0 heterocycles. The number of unbranched alkanes of at least 4 members (excludes halogenated alkanes) is 1. The van der Waals surface area contributed by atoms with E-state index in [0.29, 0.717) is 15.2 Å². The highest BCUT2D eigenvalue weighted by Crippen LogP contribution is 2.07. The van der Waals surface area contributed by atoms with E-state index in [2.05, 4.69) is 32.5 Å². The zero-order valence-corrected chi connectivity index (χ0v) is 11.2.